The lowest BCUT2D eigenvalue weighted by Gasteiger charge is -2.36. The molecular weight excluding hydrogens is 238 g/mol. The molecule has 1 N–H and O–H groups in total. The molecular formula is C15H19N3O. The number of aliphatic hydroxyl groups excluding tert-OH is 1. The first kappa shape index (κ1) is 12.4. The van der Waals surface area contributed by atoms with Crippen LogP contribution in [0, 0.1) is 0 Å². The summed E-state index contributed by atoms with van der Waals surface area (Å²) < 4.78 is 1.90. The molecule has 2 aromatic rings. The average molecular weight is 257 g/mol. The van der Waals surface area contributed by atoms with Crippen molar-refractivity contribution in [1.29, 1.82) is 0 Å². The van der Waals surface area contributed by atoms with Gasteiger partial charge in [-0.15, -0.1) is 0 Å². The van der Waals surface area contributed by atoms with Crippen LogP contribution in [-0.4, -0.2) is 32.9 Å². The summed E-state index contributed by atoms with van der Waals surface area (Å²) in [6.45, 7) is 1.97. The summed E-state index contributed by atoms with van der Waals surface area (Å²) in [4.78, 5) is 2.33. The van der Waals surface area contributed by atoms with E-state index in [9.17, 15) is 5.11 Å². The molecule has 4 nitrogen and oxygen atoms in total. The highest BCUT2D eigenvalue weighted by atomic mass is 16.3. The van der Waals surface area contributed by atoms with Gasteiger partial charge in [0, 0.05) is 26.3 Å². The van der Waals surface area contributed by atoms with Gasteiger partial charge in [0.25, 0.3) is 0 Å². The molecule has 0 radical (unpaired) electrons. The Balaban J connectivity index is 1.86. The van der Waals surface area contributed by atoms with Crippen molar-refractivity contribution < 1.29 is 5.11 Å². The smallest absolute Gasteiger partial charge is 0.0628 e. The predicted molar refractivity (Wildman–Crippen MR) is 73.6 cm³/mol. The van der Waals surface area contributed by atoms with Crippen LogP contribution in [0.15, 0.2) is 36.5 Å². The summed E-state index contributed by atoms with van der Waals surface area (Å²) in [7, 11) is 1.96. The molecule has 1 unspecified atom stereocenters. The molecule has 4 heteroatoms. The van der Waals surface area contributed by atoms with Crippen LogP contribution in [0.4, 0.5) is 0 Å². The Morgan fingerprint density at radius 3 is 2.89 bits per heavy atom. The monoisotopic (exact) mass is 257 g/mol. The van der Waals surface area contributed by atoms with Crippen LogP contribution in [0.25, 0.3) is 0 Å². The van der Waals surface area contributed by atoms with Crippen LogP contribution in [0.1, 0.15) is 22.9 Å². The van der Waals surface area contributed by atoms with Crippen molar-refractivity contribution in [2.75, 3.05) is 13.2 Å². The first-order valence-corrected chi connectivity index (χ1v) is 6.69. The number of nitrogens with zero attached hydrogens (tertiary/aromatic N) is 3. The average Bonchev–Trinajstić information content (AvgIpc) is 2.84. The quantitative estimate of drug-likeness (QED) is 0.906. The highest BCUT2D eigenvalue weighted by Crippen LogP contribution is 2.30. The minimum absolute atomic E-state index is 0.0971. The molecule has 0 bridgehead atoms. The number of aromatic nitrogens is 2. The van der Waals surface area contributed by atoms with E-state index in [4.69, 9.17) is 0 Å². The number of aliphatic hydroxyl groups is 1. The van der Waals surface area contributed by atoms with Gasteiger partial charge in [0.05, 0.1) is 18.3 Å². The fraction of sp³-hybridized carbons (Fsp3) is 0.400. The first-order chi connectivity index (χ1) is 9.29. The molecule has 2 heterocycles. The zero-order valence-electron chi connectivity index (χ0n) is 11.2. The van der Waals surface area contributed by atoms with Crippen LogP contribution in [0.5, 0.6) is 0 Å². The fourth-order valence-electron chi connectivity index (χ4n) is 2.87. The third-order valence-corrected chi connectivity index (χ3v) is 3.98. The lowest BCUT2D eigenvalue weighted by atomic mass is 9.93. The maximum atomic E-state index is 9.74. The number of aryl methyl sites for hydroxylation is 1. The van der Waals surface area contributed by atoms with Crippen molar-refractivity contribution in [3.05, 3.63) is 53.3 Å². The topological polar surface area (TPSA) is 41.3 Å². The van der Waals surface area contributed by atoms with Gasteiger partial charge in [-0.25, -0.2) is 0 Å². The molecule has 1 aromatic carbocycles. The molecule has 0 saturated heterocycles. The van der Waals surface area contributed by atoms with Crippen molar-refractivity contribution in [3.63, 3.8) is 0 Å². The van der Waals surface area contributed by atoms with Gasteiger partial charge in [0.2, 0.25) is 0 Å². The van der Waals surface area contributed by atoms with E-state index < -0.39 is 0 Å². The molecule has 0 spiro atoms. The van der Waals surface area contributed by atoms with E-state index >= 15 is 0 Å². The second kappa shape index (κ2) is 5.15. The lowest BCUT2D eigenvalue weighted by Crippen LogP contribution is -2.37. The van der Waals surface area contributed by atoms with Gasteiger partial charge in [0.1, 0.15) is 0 Å². The summed E-state index contributed by atoms with van der Waals surface area (Å²) in [5, 5.41) is 13.9. The van der Waals surface area contributed by atoms with Crippen molar-refractivity contribution in [2.45, 2.75) is 19.0 Å². The van der Waals surface area contributed by atoms with E-state index in [2.05, 4.69) is 34.3 Å². The lowest BCUT2D eigenvalue weighted by molar-refractivity contribution is 0.106. The summed E-state index contributed by atoms with van der Waals surface area (Å²) >= 11 is 0. The third-order valence-electron chi connectivity index (χ3n) is 3.98. The normalized spacial score (nSPS) is 19.4. The predicted octanol–water partition coefficient (Wildman–Crippen LogP) is 1.51. The highest BCUT2D eigenvalue weighted by Gasteiger charge is 2.26. The van der Waals surface area contributed by atoms with Crippen LogP contribution in [-0.2, 0) is 20.0 Å². The van der Waals surface area contributed by atoms with Gasteiger partial charge in [0.15, 0.2) is 0 Å². The zero-order chi connectivity index (χ0) is 13.2. The number of hydrogen-bond donors (Lipinski definition) is 1. The molecule has 0 aliphatic carbocycles. The largest absolute Gasteiger partial charge is 0.394 e. The maximum absolute atomic E-state index is 9.74. The summed E-state index contributed by atoms with van der Waals surface area (Å²) in [5.74, 6) is 0. The zero-order valence-corrected chi connectivity index (χ0v) is 11.2. The van der Waals surface area contributed by atoms with E-state index in [1.54, 1.807) is 0 Å². The van der Waals surface area contributed by atoms with Gasteiger partial charge in [-0.05, 0) is 23.6 Å². The Bertz CT molecular complexity index is 564. The first-order valence-electron chi connectivity index (χ1n) is 6.69. The minimum atomic E-state index is 0.0971. The van der Waals surface area contributed by atoms with Crippen molar-refractivity contribution in [2.24, 2.45) is 7.05 Å². The molecule has 0 fully saturated rings. The summed E-state index contributed by atoms with van der Waals surface area (Å²) in [6, 6.07) is 10.6. The fourth-order valence-corrected chi connectivity index (χ4v) is 2.87. The van der Waals surface area contributed by atoms with Crippen LogP contribution in [0.3, 0.4) is 0 Å². The molecule has 1 aromatic heterocycles. The molecule has 0 saturated carbocycles. The van der Waals surface area contributed by atoms with Gasteiger partial charge in [-0.3, -0.25) is 9.58 Å². The Kier molecular flexibility index (Phi) is 3.36. The van der Waals surface area contributed by atoms with E-state index in [0.29, 0.717) is 0 Å². The molecule has 0 amide bonds. The Morgan fingerprint density at radius 2 is 2.16 bits per heavy atom. The standard InChI is InChI=1S/C15H19N3O/c1-17-13(6-8-16-17)10-18-9-7-12-4-2-3-5-14(12)15(18)11-19/h2-6,8,15,19H,7,9-11H2,1H3. The van der Waals surface area contributed by atoms with Gasteiger partial charge >= 0.3 is 0 Å². The number of rotatable bonds is 3. The summed E-state index contributed by atoms with van der Waals surface area (Å²) in [5.41, 5.74) is 3.80. The van der Waals surface area contributed by atoms with E-state index in [1.807, 2.05) is 24.0 Å². The van der Waals surface area contributed by atoms with Crippen molar-refractivity contribution >= 4 is 0 Å². The maximum Gasteiger partial charge on any atom is 0.0628 e. The van der Waals surface area contributed by atoms with Crippen molar-refractivity contribution in [1.82, 2.24) is 14.7 Å². The molecule has 1 atom stereocenters. The second-order valence-corrected chi connectivity index (χ2v) is 5.06. The van der Waals surface area contributed by atoms with Crippen LogP contribution >= 0.6 is 0 Å². The van der Waals surface area contributed by atoms with E-state index in [1.165, 1.54) is 16.8 Å². The van der Waals surface area contributed by atoms with Gasteiger partial charge < -0.3 is 5.11 Å². The summed E-state index contributed by atoms with van der Waals surface area (Å²) in [6.07, 6.45) is 2.87. The Hall–Kier alpha value is -1.65. The van der Waals surface area contributed by atoms with Crippen LogP contribution < -0.4 is 0 Å². The Morgan fingerprint density at radius 1 is 1.32 bits per heavy atom. The van der Waals surface area contributed by atoms with Gasteiger partial charge in [-0.2, -0.15) is 5.10 Å². The molecule has 19 heavy (non-hydrogen) atoms. The van der Waals surface area contributed by atoms with Crippen molar-refractivity contribution in [3.8, 4) is 0 Å². The number of benzene rings is 1. The molecule has 3 rings (SSSR count). The van der Waals surface area contributed by atoms with E-state index in [-0.39, 0.29) is 12.6 Å². The molecule has 100 valence electrons. The van der Waals surface area contributed by atoms with Crippen LogP contribution in [0.2, 0.25) is 0 Å². The Labute approximate surface area is 113 Å². The second-order valence-electron chi connectivity index (χ2n) is 5.06. The number of hydrogen-bond acceptors (Lipinski definition) is 3. The minimum Gasteiger partial charge on any atom is -0.394 e. The highest BCUT2D eigenvalue weighted by molar-refractivity contribution is 5.32. The molecule has 1 aliphatic heterocycles. The van der Waals surface area contributed by atoms with E-state index in [0.717, 1.165) is 19.5 Å². The number of fused-ring (bicyclic) bond motifs is 1. The third kappa shape index (κ3) is 2.29. The molecule has 1 aliphatic rings. The SMILES string of the molecule is Cn1nccc1CN1CCc2ccccc2C1CO. The van der Waals surface area contributed by atoms with Gasteiger partial charge in [-0.1, -0.05) is 24.3 Å².